The third-order valence-electron chi connectivity index (χ3n) is 3.81. The van der Waals surface area contributed by atoms with Crippen LogP contribution in [0.3, 0.4) is 0 Å². The fourth-order valence-corrected chi connectivity index (χ4v) is 4.08. The third kappa shape index (κ3) is 2.94. The van der Waals surface area contributed by atoms with Gasteiger partial charge in [0.2, 0.25) is 10.0 Å². The van der Waals surface area contributed by atoms with Crippen LogP contribution in [-0.2, 0) is 24.1 Å². The Morgan fingerprint density at radius 3 is 2.33 bits per heavy atom. The fourth-order valence-electron chi connectivity index (χ4n) is 2.58. The molecule has 8 nitrogen and oxygen atoms in total. The summed E-state index contributed by atoms with van der Waals surface area (Å²) in [4.78, 5) is 25.3. The summed E-state index contributed by atoms with van der Waals surface area (Å²) in [5.41, 5.74) is -1.38. The number of nitrogens with one attached hydrogen (secondary N) is 1. The smallest absolute Gasteiger partial charge is 0.304 e. The van der Waals surface area contributed by atoms with Crippen molar-refractivity contribution in [2.45, 2.75) is 17.9 Å². The van der Waals surface area contributed by atoms with Gasteiger partial charge in [0.05, 0.1) is 0 Å². The molecule has 0 amide bonds. The van der Waals surface area contributed by atoms with Crippen LogP contribution in [0.2, 0.25) is 0 Å². The Morgan fingerprint density at radius 1 is 1.19 bits per heavy atom. The molecule has 2 atom stereocenters. The Kier molecular flexibility index (Phi) is 4.09. The van der Waals surface area contributed by atoms with Crippen LogP contribution in [0.5, 0.6) is 0 Å². The van der Waals surface area contributed by atoms with Crippen LogP contribution < -0.4 is 16.0 Å². The highest BCUT2D eigenvalue weighted by molar-refractivity contribution is 7.89. The predicted octanol–water partition coefficient (Wildman–Crippen LogP) is -1.69. The molecular formula is C12H20N4O4S. The van der Waals surface area contributed by atoms with E-state index >= 15 is 0 Å². The van der Waals surface area contributed by atoms with Crippen molar-refractivity contribution in [1.29, 1.82) is 0 Å². The summed E-state index contributed by atoms with van der Waals surface area (Å²) in [6.07, 6.45) is 1.07. The molecule has 0 unspecified atom stereocenters. The number of rotatable bonds is 3. The molecular weight excluding hydrogens is 296 g/mol. The molecule has 0 bridgehead atoms. The summed E-state index contributed by atoms with van der Waals surface area (Å²) in [6, 6.07) is -0.248. The molecule has 0 saturated carbocycles. The average Bonchev–Trinajstić information content (AvgIpc) is 2.68. The molecule has 2 heterocycles. The van der Waals surface area contributed by atoms with Crippen molar-refractivity contribution in [3.63, 3.8) is 0 Å². The molecule has 1 aliphatic heterocycles. The highest BCUT2D eigenvalue weighted by atomic mass is 32.2. The van der Waals surface area contributed by atoms with Gasteiger partial charge in [-0.1, -0.05) is 6.92 Å². The lowest BCUT2D eigenvalue weighted by atomic mass is 10.1. The highest BCUT2D eigenvalue weighted by Gasteiger charge is 2.32. The van der Waals surface area contributed by atoms with E-state index < -0.39 is 26.2 Å². The van der Waals surface area contributed by atoms with E-state index in [1.165, 1.54) is 14.1 Å². The normalized spacial score (nSPS) is 23.6. The molecule has 0 spiro atoms. The molecule has 1 saturated heterocycles. The summed E-state index contributed by atoms with van der Waals surface area (Å²) in [5, 5.41) is 0. The molecule has 1 N–H and O–H groups in total. The van der Waals surface area contributed by atoms with E-state index in [0.717, 1.165) is 21.9 Å². The zero-order valence-electron chi connectivity index (χ0n) is 12.5. The van der Waals surface area contributed by atoms with Crippen molar-refractivity contribution in [3.8, 4) is 0 Å². The fraction of sp³-hybridized carbons (Fsp3) is 0.667. The number of likely N-dealkylation sites (N-methyl/N-ethyl adjacent to an activating group) is 1. The van der Waals surface area contributed by atoms with Crippen molar-refractivity contribution in [2.75, 3.05) is 20.1 Å². The summed E-state index contributed by atoms with van der Waals surface area (Å²) >= 11 is 0. The second kappa shape index (κ2) is 5.39. The van der Waals surface area contributed by atoms with Gasteiger partial charge in [-0.05, 0) is 13.0 Å². The predicted molar refractivity (Wildman–Crippen MR) is 77.7 cm³/mol. The molecule has 1 fully saturated rings. The lowest BCUT2D eigenvalue weighted by Gasteiger charge is -2.16. The first kappa shape index (κ1) is 15.9. The van der Waals surface area contributed by atoms with Gasteiger partial charge in [0.25, 0.3) is 5.56 Å². The van der Waals surface area contributed by atoms with Gasteiger partial charge in [-0.3, -0.25) is 9.36 Å². The topological polar surface area (TPSA) is 93.4 Å². The first-order chi connectivity index (χ1) is 9.63. The summed E-state index contributed by atoms with van der Waals surface area (Å²) in [6.45, 7) is 3.33. The number of nitrogens with zero attached hydrogens (tertiary/aromatic N) is 3. The van der Waals surface area contributed by atoms with Crippen LogP contribution in [0, 0.1) is 5.92 Å². The maximum Gasteiger partial charge on any atom is 0.330 e. The zero-order chi connectivity index (χ0) is 15.9. The minimum Gasteiger partial charge on any atom is -0.304 e. The third-order valence-corrected chi connectivity index (χ3v) is 5.28. The van der Waals surface area contributed by atoms with E-state index in [4.69, 9.17) is 0 Å². The van der Waals surface area contributed by atoms with Crippen LogP contribution in [0.1, 0.15) is 6.92 Å². The molecule has 9 heteroatoms. The standard InChI is InChI=1S/C12H20N4O4S/c1-8-5-14(2)6-9(8)13-21(19,20)10-7-15(3)12(18)16(4)11(10)17/h7-9,13H,5-6H2,1-4H3/t8-,9-/m0/s1. The van der Waals surface area contributed by atoms with Gasteiger partial charge in [-0.2, -0.15) is 0 Å². The second-order valence-electron chi connectivity index (χ2n) is 5.68. The zero-order valence-corrected chi connectivity index (χ0v) is 13.3. The number of sulfonamides is 1. The first-order valence-electron chi connectivity index (χ1n) is 6.61. The van der Waals surface area contributed by atoms with Crippen molar-refractivity contribution in [3.05, 3.63) is 27.0 Å². The number of hydrogen-bond acceptors (Lipinski definition) is 5. The minimum absolute atomic E-state index is 0.154. The van der Waals surface area contributed by atoms with E-state index in [-0.39, 0.29) is 12.0 Å². The van der Waals surface area contributed by atoms with Gasteiger partial charge < -0.3 is 9.47 Å². The summed E-state index contributed by atoms with van der Waals surface area (Å²) in [7, 11) is 0.620. The van der Waals surface area contributed by atoms with Gasteiger partial charge >= 0.3 is 5.69 Å². The summed E-state index contributed by atoms with van der Waals surface area (Å²) in [5.74, 6) is 0.154. The molecule has 1 aromatic heterocycles. The molecule has 0 aromatic carbocycles. The Labute approximate surface area is 123 Å². The molecule has 118 valence electrons. The first-order valence-corrected chi connectivity index (χ1v) is 8.09. The van der Waals surface area contributed by atoms with E-state index in [2.05, 4.69) is 4.72 Å². The Hall–Kier alpha value is -1.45. The average molecular weight is 316 g/mol. The van der Waals surface area contributed by atoms with E-state index in [1.54, 1.807) is 0 Å². The minimum atomic E-state index is -3.96. The molecule has 2 rings (SSSR count). The van der Waals surface area contributed by atoms with Crippen molar-refractivity contribution < 1.29 is 8.42 Å². The van der Waals surface area contributed by atoms with Gasteiger partial charge in [0.1, 0.15) is 0 Å². The van der Waals surface area contributed by atoms with Crippen LogP contribution in [0.4, 0.5) is 0 Å². The van der Waals surface area contributed by atoms with E-state index in [1.807, 2.05) is 18.9 Å². The Balaban J connectivity index is 2.42. The quantitative estimate of drug-likeness (QED) is 0.718. The number of hydrogen-bond donors (Lipinski definition) is 1. The van der Waals surface area contributed by atoms with Crippen LogP contribution in [0.25, 0.3) is 0 Å². The number of aryl methyl sites for hydroxylation is 1. The monoisotopic (exact) mass is 316 g/mol. The lowest BCUT2D eigenvalue weighted by Crippen LogP contribution is -2.45. The highest BCUT2D eigenvalue weighted by Crippen LogP contribution is 2.16. The van der Waals surface area contributed by atoms with Crippen LogP contribution in [0.15, 0.2) is 20.7 Å². The van der Waals surface area contributed by atoms with E-state index in [0.29, 0.717) is 6.54 Å². The molecule has 21 heavy (non-hydrogen) atoms. The summed E-state index contributed by atoms with van der Waals surface area (Å²) < 4.78 is 29.3. The van der Waals surface area contributed by atoms with Gasteiger partial charge in [-0.15, -0.1) is 0 Å². The van der Waals surface area contributed by atoms with Crippen molar-refractivity contribution >= 4 is 10.0 Å². The number of aromatic nitrogens is 2. The SMILES string of the molecule is C[C@H]1CN(C)C[C@@H]1NS(=O)(=O)c1cn(C)c(=O)n(C)c1=O. The van der Waals surface area contributed by atoms with E-state index in [9.17, 15) is 18.0 Å². The lowest BCUT2D eigenvalue weighted by molar-refractivity contribution is 0.400. The molecule has 1 aliphatic rings. The second-order valence-corrected chi connectivity index (χ2v) is 7.36. The molecule has 0 radical (unpaired) electrons. The van der Waals surface area contributed by atoms with Crippen LogP contribution in [-0.4, -0.2) is 48.6 Å². The van der Waals surface area contributed by atoms with Gasteiger partial charge in [-0.25, -0.2) is 17.9 Å². The molecule has 0 aliphatic carbocycles. The Morgan fingerprint density at radius 2 is 1.81 bits per heavy atom. The van der Waals surface area contributed by atoms with Gasteiger partial charge in [0, 0.05) is 39.4 Å². The maximum atomic E-state index is 12.4. The molecule has 1 aromatic rings. The largest absolute Gasteiger partial charge is 0.330 e. The van der Waals surface area contributed by atoms with Crippen molar-refractivity contribution in [2.24, 2.45) is 20.0 Å². The number of likely N-dealkylation sites (tertiary alicyclic amines) is 1. The van der Waals surface area contributed by atoms with Crippen molar-refractivity contribution in [1.82, 2.24) is 18.8 Å². The maximum absolute atomic E-state index is 12.4. The Bertz CT molecular complexity index is 764. The van der Waals surface area contributed by atoms with Gasteiger partial charge in [0.15, 0.2) is 4.90 Å². The van der Waals surface area contributed by atoms with Crippen LogP contribution >= 0.6 is 0 Å².